The van der Waals surface area contributed by atoms with E-state index < -0.39 is 11.7 Å². The van der Waals surface area contributed by atoms with Crippen molar-refractivity contribution in [1.29, 1.82) is 0 Å². The van der Waals surface area contributed by atoms with E-state index in [0.29, 0.717) is 30.3 Å². The SMILES string of the molecule is CC(C)NC(=O)C(=O)c1ccc2c(c1)OCCCO2. The maximum Gasteiger partial charge on any atom is 0.292 e. The molecule has 102 valence electrons. The summed E-state index contributed by atoms with van der Waals surface area (Å²) in [7, 11) is 0. The highest BCUT2D eigenvalue weighted by Crippen LogP contribution is 2.30. The van der Waals surface area contributed by atoms with Gasteiger partial charge >= 0.3 is 0 Å². The predicted molar refractivity (Wildman–Crippen MR) is 69.7 cm³/mol. The number of hydrogen-bond donors (Lipinski definition) is 1. The fourth-order valence-corrected chi connectivity index (χ4v) is 1.76. The van der Waals surface area contributed by atoms with Crippen LogP contribution >= 0.6 is 0 Å². The van der Waals surface area contributed by atoms with Crippen LogP contribution in [0.1, 0.15) is 30.6 Å². The van der Waals surface area contributed by atoms with Gasteiger partial charge in [-0.1, -0.05) is 0 Å². The topological polar surface area (TPSA) is 64.6 Å². The number of ketones is 1. The molecule has 0 unspecified atom stereocenters. The van der Waals surface area contributed by atoms with Crippen LogP contribution in [-0.4, -0.2) is 30.9 Å². The van der Waals surface area contributed by atoms with Gasteiger partial charge in [-0.15, -0.1) is 0 Å². The molecule has 1 aromatic carbocycles. The second kappa shape index (κ2) is 5.73. The van der Waals surface area contributed by atoms with Crippen molar-refractivity contribution >= 4 is 11.7 Å². The van der Waals surface area contributed by atoms with Gasteiger partial charge in [0.05, 0.1) is 13.2 Å². The zero-order valence-corrected chi connectivity index (χ0v) is 11.1. The van der Waals surface area contributed by atoms with Gasteiger partial charge in [-0.2, -0.15) is 0 Å². The molecule has 0 atom stereocenters. The molecular weight excluding hydrogens is 246 g/mol. The van der Waals surface area contributed by atoms with E-state index in [2.05, 4.69) is 5.32 Å². The van der Waals surface area contributed by atoms with Crippen molar-refractivity contribution in [3.05, 3.63) is 23.8 Å². The number of Topliss-reactive ketones (excluding diaryl/α,β-unsaturated/α-hetero) is 1. The number of rotatable bonds is 3. The van der Waals surface area contributed by atoms with Crippen LogP contribution in [0, 0.1) is 0 Å². The third-order valence-electron chi connectivity index (χ3n) is 2.64. The minimum Gasteiger partial charge on any atom is -0.490 e. The number of hydrogen-bond acceptors (Lipinski definition) is 4. The number of nitrogens with one attached hydrogen (secondary N) is 1. The van der Waals surface area contributed by atoms with Crippen molar-refractivity contribution in [3.63, 3.8) is 0 Å². The summed E-state index contributed by atoms with van der Waals surface area (Å²) in [4.78, 5) is 23.6. The number of fused-ring (bicyclic) bond motifs is 1. The molecule has 1 N–H and O–H groups in total. The molecule has 2 rings (SSSR count). The Bertz CT molecular complexity index is 496. The van der Waals surface area contributed by atoms with Gasteiger partial charge in [-0.3, -0.25) is 9.59 Å². The van der Waals surface area contributed by atoms with Crippen molar-refractivity contribution in [2.45, 2.75) is 26.3 Å². The van der Waals surface area contributed by atoms with E-state index in [0.717, 1.165) is 6.42 Å². The molecule has 5 heteroatoms. The first-order chi connectivity index (χ1) is 9.08. The van der Waals surface area contributed by atoms with E-state index in [4.69, 9.17) is 9.47 Å². The smallest absolute Gasteiger partial charge is 0.292 e. The summed E-state index contributed by atoms with van der Waals surface area (Å²) in [5, 5.41) is 2.57. The van der Waals surface area contributed by atoms with Crippen molar-refractivity contribution in [2.24, 2.45) is 0 Å². The summed E-state index contributed by atoms with van der Waals surface area (Å²) in [6.45, 7) is 4.75. The molecule has 19 heavy (non-hydrogen) atoms. The number of carbonyl (C=O) groups excluding carboxylic acids is 2. The lowest BCUT2D eigenvalue weighted by Gasteiger charge is -2.10. The van der Waals surface area contributed by atoms with E-state index in [1.807, 2.05) is 0 Å². The maximum absolute atomic E-state index is 11.9. The van der Waals surface area contributed by atoms with Gasteiger partial charge in [0.2, 0.25) is 5.78 Å². The molecule has 0 aliphatic carbocycles. The van der Waals surface area contributed by atoms with Crippen LogP contribution < -0.4 is 14.8 Å². The fourth-order valence-electron chi connectivity index (χ4n) is 1.76. The zero-order valence-electron chi connectivity index (χ0n) is 11.1. The van der Waals surface area contributed by atoms with E-state index in [1.54, 1.807) is 32.0 Å². The standard InChI is InChI=1S/C14H17NO4/c1-9(2)15-14(17)13(16)10-4-5-11-12(8-10)19-7-3-6-18-11/h4-5,8-9H,3,6-7H2,1-2H3,(H,15,17). The molecule has 0 aromatic heterocycles. The van der Waals surface area contributed by atoms with Gasteiger partial charge in [0.1, 0.15) is 0 Å². The summed E-state index contributed by atoms with van der Waals surface area (Å²) >= 11 is 0. The molecule has 0 radical (unpaired) electrons. The molecule has 0 spiro atoms. The van der Waals surface area contributed by atoms with E-state index in [9.17, 15) is 9.59 Å². The monoisotopic (exact) mass is 263 g/mol. The molecule has 1 aliphatic rings. The minimum absolute atomic E-state index is 0.0724. The fraction of sp³-hybridized carbons (Fsp3) is 0.429. The molecule has 0 fully saturated rings. The van der Waals surface area contributed by atoms with Gasteiger partial charge in [-0.05, 0) is 32.0 Å². The highest BCUT2D eigenvalue weighted by Gasteiger charge is 2.19. The van der Waals surface area contributed by atoms with Crippen molar-refractivity contribution in [1.82, 2.24) is 5.32 Å². The average Bonchev–Trinajstić information content (AvgIpc) is 2.61. The van der Waals surface area contributed by atoms with Crippen LogP contribution in [0.3, 0.4) is 0 Å². The highest BCUT2D eigenvalue weighted by molar-refractivity contribution is 6.42. The number of carbonyl (C=O) groups is 2. The summed E-state index contributed by atoms with van der Waals surface area (Å²) < 4.78 is 11.0. The Morgan fingerprint density at radius 2 is 1.84 bits per heavy atom. The van der Waals surface area contributed by atoms with Crippen molar-refractivity contribution in [2.75, 3.05) is 13.2 Å². The summed E-state index contributed by atoms with van der Waals surface area (Å²) in [5.41, 5.74) is 0.308. The molecule has 0 bridgehead atoms. The van der Waals surface area contributed by atoms with Gasteiger partial charge in [0, 0.05) is 18.0 Å². The summed E-state index contributed by atoms with van der Waals surface area (Å²) in [6, 6.07) is 4.73. The predicted octanol–water partition coefficient (Wildman–Crippen LogP) is 1.56. The second-order valence-corrected chi connectivity index (χ2v) is 4.67. The van der Waals surface area contributed by atoms with Gasteiger partial charge in [-0.25, -0.2) is 0 Å². The van der Waals surface area contributed by atoms with Crippen LogP contribution in [0.5, 0.6) is 11.5 Å². The third kappa shape index (κ3) is 3.24. The van der Waals surface area contributed by atoms with Crippen LogP contribution in [0.15, 0.2) is 18.2 Å². The average molecular weight is 263 g/mol. The van der Waals surface area contributed by atoms with Crippen molar-refractivity contribution < 1.29 is 19.1 Å². The van der Waals surface area contributed by atoms with E-state index >= 15 is 0 Å². The highest BCUT2D eigenvalue weighted by atomic mass is 16.5. The zero-order chi connectivity index (χ0) is 13.8. The number of amides is 1. The number of ether oxygens (including phenoxy) is 2. The van der Waals surface area contributed by atoms with E-state index in [1.165, 1.54) is 0 Å². The molecule has 0 saturated heterocycles. The Hall–Kier alpha value is -2.04. The molecular formula is C14H17NO4. The van der Waals surface area contributed by atoms with Crippen LogP contribution in [-0.2, 0) is 4.79 Å². The molecule has 5 nitrogen and oxygen atoms in total. The van der Waals surface area contributed by atoms with Crippen LogP contribution in [0.25, 0.3) is 0 Å². The molecule has 1 heterocycles. The van der Waals surface area contributed by atoms with Gasteiger partial charge in [0.15, 0.2) is 11.5 Å². The van der Waals surface area contributed by atoms with Crippen molar-refractivity contribution in [3.8, 4) is 11.5 Å². The lowest BCUT2D eigenvalue weighted by Crippen LogP contribution is -2.35. The first kappa shape index (κ1) is 13.4. The minimum atomic E-state index is -0.607. The van der Waals surface area contributed by atoms with Crippen LogP contribution in [0.4, 0.5) is 0 Å². The Kier molecular flexibility index (Phi) is 4.04. The lowest BCUT2D eigenvalue weighted by atomic mass is 10.1. The largest absolute Gasteiger partial charge is 0.490 e. The summed E-state index contributed by atoms with van der Waals surface area (Å²) in [5.74, 6) is -0.0483. The Morgan fingerprint density at radius 1 is 1.16 bits per heavy atom. The Balaban J connectivity index is 2.19. The lowest BCUT2D eigenvalue weighted by molar-refractivity contribution is -0.117. The first-order valence-corrected chi connectivity index (χ1v) is 6.33. The Labute approximate surface area is 111 Å². The van der Waals surface area contributed by atoms with Gasteiger partial charge < -0.3 is 14.8 Å². The maximum atomic E-state index is 11.9. The molecule has 0 saturated carbocycles. The van der Waals surface area contributed by atoms with E-state index in [-0.39, 0.29) is 6.04 Å². The van der Waals surface area contributed by atoms with Crippen LogP contribution in [0.2, 0.25) is 0 Å². The quantitative estimate of drug-likeness (QED) is 0.664. The molecule has 1 aliphatic heterocycles. The summed E-state index contributed by atoms with van der Waals surface area (Å²) in [6.07, 6.45) is 0.797. The number of benzene rings is 1. The Morgan fingerprint density at radius 3 is 2.53 bits per heavy atom. The first-order valence-electron chi connectivity index (χ1n) is 6.33. The molecule has 1 amide bonds. The third-order valence-corrected chi connectivity index (χ3v) is 2.64. The second-order valence-electron chi connectivity index (χ2n) is 4.67. The normalized spacial score (nSPS) is 13.8. The van der Waals surface area contributed by atoms with Gasteiger partial charge in [0.25, 0.3) is 5.91 Å². The molecule has 1 aromatic rings.